The van der Waals surface area contributed by atoms with Crippen LogP contribution in [0.2, 0.25) is 0 Å². The van der Waals surface area contributed by atoms with Gasteiger partial charge < -0.3 is 14.2 Å². The van der Waals surface area contributed by atoms with Crippen molar-refractivity contribution in [2.45, 2.75) is 11.9 Å². The van der Waals surface area contributed by atoms with E-state index in [-0.39, 0.29) is 30.1 Å². The van der Waals surface area contributed by atoms with Crippen molar-refractivity contribution >= 4 is 28.0 Å². The molecule has 2 amide bonds. The van der Waals surface area contributed by atoms with Crippen LogP contribution < -0.4 is 19.5 Å². The Morgan fingerprint density at radius 2 is 1.79 bits per heavy atom. The first-order valence-corrected chi connectivity index (χ1v) is 10.7. The standard InChI is InChI=1S/C18H19N7O7S/c1-4-32-16(26)14-15(25(10-20-14)11-7-5-6-8-19-11)33(28,29)24-18(27)23-17-21-12(30-2)9-13(22-17)31-3/h5-10H,4H2,1-3H3,(H2,21,22,23,24,27). The molecular formula is C18H19N7O7S. The van der Waals surface area contributed by atoms with Gasteiger partial charge in [-0.1, -0.05) is 6.07 Å². The Kier molecular flexibility index (Phi) is 7.02. The summed E-state index contributed by atoms with van der Waals surface area (Å²) in [5.41, 5.74) is -0.526. The summed E-state index contributed by atoms with van der Waals surface area (Å²) in [7, 11) is -1.98. The second-order valence-electron chi connectivity index (χ2n) is 6.01. The second kappa shape index (κ2) is 9.90. The smallest absolute Gasteiger partial charge is 0.360 e. The number of sulfonamides is 1. The summed E-state index contributed by atoms with van der Waals surface area (Å²) >= 11 is 0. The largest absolute Gasteiger partial charge is 0.481 e. The summed E-state index contributed by atoms with van der Waals surface area (Å²) in [6.07, 6.45) is 2.50. The Morgan fingerprint density at radius 1 is 1.09 bits per heavy atom. The van der Waals surface area contributed by atoms with Gasteiger partial charge in [0.05, 0.1) is 26.9 Å². The van der Waals surface area contributed by atoms with Gasteiger partial charge in [-0.3, -0.25) is 9.88 Å². The van der Waals surface area contributed by atoms with E-state index in [9.17, 15) is 18.0 Å². The molecule has 3 aromatic heterocycles. The molecule has 0 aliphatic rings. The van der Waals surface area contributed by atoms with Crippen LogP contribution in [0.5, 0.6) is 11.8 Å². The molecular weight excluding hydrogens is 458 g/mol. The molecule has 174 valence electrons. The van der Waals surface area contributed by atoms with E-state index in [0.717, 1.165) is 10.9 Å². The lowest BCUT2D eigenvalue weighted by Crippen LogP contribution is -2.36. The number of nitrogens with zero attached hydrogens (tertiary/aromatic N) is 5. The Hall–Kier alpha value is -4.27. The van der Waals surface area contributed by atoms with Gasteiger partial charge in [-0.2, -0.15) is 18.4 Å². The zero-order chi connectivity index (χ0) is 24.0. The summed E-state index contributed by atoms with van der Waals surface area (Å²) in [6, 6.07) is 4.86. The van der Waals surface area contributed by atoms with Crippen molar-refractivity contribution in [2.75, 3.05) is 26.1 Å². The molecule has 0 fully saturated rings. The van der Waals surface area contributed by atoms with E-state index >= 15 is 0 Å². The number of amides is 2. The normalized spacial score (nSPS) is 10.9. The molecule has 14 nitrogen and oxygen atoms in total. The molecule has 0 bridgehead atoms. The van der Waals surface area contributed by atoms with E-state index in [2.05, 4.69) is 25.3 Å². The number of rotatable bonds is 8. The zero-order valence-electron chi connectivity index (χ0n) is 17.7. The third-order valence-electron chi connectivity index (χ3n) is 3.89. The van der Waals surface area contributed by atoms with Gasteiger partial charge in [0, 0.05) is 6.20 Å². The van der Waals surface area contributed by atoms with Crippen LogP contribution in [0.25, 0.3) is 5.82 Å². The SMILES string of the molecule is CCOC(=O)c1ncn(-c2ccccn2)c1S(=O)(=O)NC(=O)Nc1nc(OC)cc(OC)n1. The van der Waals surface area contributed by atoms with Gasteiger partial charge in [0.25, 0.3) is 10.0 Å². The summed E-state index contributed by atoms with van der Waals surface area (Å²) in [6.45, 7) is 1.54. The molecule has 3 rings (SSSR count). The maximum Gasteiger partial charge on any atom is 0.360 e. The van der Waals surface area contributed by atoms with Gasteiger partial charge in [0.15, 0.2) is 10.7 Å². The van der Waals surface area contributed by atoms with Gasteiger partial charge in [0.1, 0.15) is 12.1 Å². The van der Waals surface area contributed by atoms with Crippen LogP contribution in [0.15, 0.2) is 41.8 Å². The number of methoxy groups -OCH3 is 2. The second-order valence-corrected chi connectivity index (χ2v) is 7.61. The number of urea groups is 1. The fourth-order valence-electron chi connectivity index (χ4n) is 2.56. The summed E-state index contributed by atoms with van der Waals surface area (Å²) < 4.78 is 43.9. The third kappa shape index (κ3) is 5.32. The topological polar surface area (TPSA) is 177 Å². The number of esters is 1. The Morgan fingerprint density at radius 3 is 2.36 bits per heavy atom. The molecule has 0 saturated carbocycles. The molecule has 2 N–H and O–H groups in total. The fourth-order valence-corrected chi connectivity index (χ4v) is 3.74. The lowest BCUT2D eigenvalue weighted by atomic mass is 10.4. The Bertz CT molecular complexity index is 1240. The number of pyridine rings is 1. The van der Waals surface area contributed by atoms with Gasteiger partial charge >= 0.3 is 12.0 Å². The van der Waals surface area contributed by atoms with Gasteiger partial charge in [0.2, 0.25) is 17.7 Å². The number of aromatic nitrogens is 5. The molecule has 33 heavy (non-hydrogen) atoms. The van der Waals surface area contributed by atoms with Crippen LogP contribution in [-0.2, 0) is 14.8 Å². The van der Waals surface area contributed by atoms with E-state index in [0.29, 0.717) is 0 Å². The molecule has 0 saturated heterocycles. The molecule has 15 heteroatoms. The van der Waals surface area contributed by atoms with E-state index in [1.165, 1.54) is 32.5 Å². The van der Waals surface area contributed by atoms with Crippen molar-refractivity contribution in [3.63, 3.8) is 0 Å². The number of carbonyl (C=O) groups excluding carboxylic acids is 2. The molecule has 0 aliphatic carbocycles. The molecule has 0 aliphatic heterocycles. The van der Waals surface area contributed by atoms with Crippen LogP contribution in [0.4, 0.5) is 10.7 Å². The number of anilines is 1. The van der Waals surface area contributed by atoms with Crippen LogP contribution in [0.3, 0.4) is 0 Å². The maximum atomic E-state index is 13.1. The molecule has 0 spiro atoms. The highest BCUT2D eigenvalue weighted by molar-refractivity contribution is 7.90. The molecule has 0 radical (unpaired) electrons. The van der Waals surface area contributed by atoms with Crippen LogP contribution >= 0.6 is 0 Å². The number of carbonyl (C=O) groups is 2. The molecule has 0 atom stereocenters. The highest BCUT2D eigenvalue weighted by Gasteiger charge is 2.32. The highest BCUT2D eigenvalue weighted by Crippen LogP contribution is 2.21. The Labute approximate surface area is 188 Å². The van der Waals surface area contributed by atoms with E-state index < -0.39 is 32.7 Å². The van der Waals surface area contributed by atoms with E-state index in [4.69, 9.17) is 14.2 Å². The minimum atomic E-state index is -4.66. The number of hydrogen-bond donors (Lipinski definition) is 2. The monoisotopic (exact) mass is 477 g/mol. The summed E-state index contributed by atoms with van der Waals surface area (Å²) in [4.78, 5) is 40.5. The van der Waals surface area contributed by atoms with Crippen molar-refractivity contribution in [1.82, 2.24) is 29.2 Å². The number of nitrogens with one attached hydrogen (secondary N) is 2. The van der Waals surface area contributed by atoms with E-state index in [1.807, 2.05) is 0 Å². The number of ether oxygens (including phenoxy) is 3. The van der Waals surface area contributed by atoms with Crippen LogP contribution in [0.1, 0.15) is 17.4 Å². The highest BCUT2D eigenvalue weighted by atomic mass is 32.2. The molecule has 0 aromatic carbocycles. The molecule has 3 heterocycles. The third-order valence-corrected chi connectivity index (χ3v) is 5.25. The fraction of sp³-hybridized carbons (Fsp3) is 0.222. The first-order chi connectivity index (χ1) is 15.8. The lowest BCUT2D eigenvalue weighted by Gasteiger charge is -2.12. The quantitative estimate of drug-likeness (QED) is 0.438. The minimum absolute atomic E-state index is 0.0162. The van der Waals surface area contributed by atoms with Crippen molar-refractivity contribution in [2.24, 2.45) is 0 Å². The van der Waals surface area contributed by atoms with Crippen LogP contribution in [0, 0.1) is 0 Å². The number of imidazole rings is 1. The van der Waals surface area contributed by atoms with Crippen molar-refractivity contribution < 1.29 is 32.2 Å². The predicted octanol–water partition coefficient (Wildman–Crippen LogP) is 0.762. The number of hydrogen-bond acceptors (Lipinski definition) is 11. The van der Waals surface area contributed by atoms with Gasteiger partial charge in [-0.25, -0.2) is 24.3 Å². The zero-order valence-corrected chi connectivity index (χ0v) is 18.5. The predicted molar refractivity (Wildman–Crippen MR) is 112 cm³/mol. The lowest BCUT2D eigenvalue weighted by molar-refractivity contribution is 0.0515. The first-order valence-electron chi connectivity index (χ1n) is 9.25. The first kappa shape index (κ1) is 23.4. The van der Waals surface area contributed by atoms with Crippen molar-refractivity contribution in [3.8, 4) is 17.6 Å². The minimum Gasteiger partial charge on any atom is -0.481 e. The average molecular weight is 477 g/mol. The summed E-state index contributed by atoms with van der Waals surface area (Å²) in [5, 5.41) is 1.53. The van der Waals surface area contributed by atoms with Gasteiger partial charge in [-0.05, 0) is 19.1 Å². The molecule has 3 aromatic rings. The average Bonchev–Trinajstić information content (AvgIpc) is 3.25. The summed E-state index contributed by atoms with van der Waals surface area (Å²) in [5.74, 6) is -1.01. The van der Waals surface area contributed by atoms with Crippen molar-refractivity contribution in [3.05, 3.63) is 42.5 Å². The van der Waals surface area contributed by atoms with E-state index in [1.54, 1.807) is 23.8 Å². The Balaban J connectivity index is 1.95. The van der Waals surface area contributed by atoms with Crippen LogP contribution in [-0.4, -0.2) is 65.7 Å². The van der Waals surface area contributed by atoms with Gasteiger partial charge in [-0.15, -0.1) is 0 Å². The molecule has 0 unspecified atom stereocenters. The maximum absolute atomic E-state index is 13.1. The van der Waals surface area contributed by atoms with Crippen molar-refractivity contribution in [1.29, 1.82) is 0 Å².